The second-order valence-electron chi connectivity index (χ2n) is 7.11. The van der Waals surface area contributed by atoms with E-state index in [0.717, 1.165) is 0 Å². The normalized spacial score (nSPS) is 22.2. The van der Waals surface area contributed by atoms with Crippen molar-refractivity contribution in [2.45, 2.75) is 68.5 Å². The third-order valence-corrected chi connectivity index (χ3v) is 4.35. The molecule has 0 saturated carbocycles. The molecule has 1 unspecified atom stereocenters. The number of alkyl carbamates (subject to hydrolysis) is 1. The van der Waals surface area contributed by atoms with Crippen LogP contribution in [0.5, 0.6) is 0 Å². The van der Waals surface area contributed by atoms with Crippen LogP contribution in [-0.4, -0.2) is 56.6 Å². The van der Waals surface area contributed by atoms with E-state index in [4.69, 9.17) is 9.47 Å². The molecule has 1 saturated heterocycles. The summed E-state index contributed by atoms with van der Waals surface area (Å²) >= 11 is 1.96. The van der Waals surface area contributed by atoms with Gasteiger partial charge in [-0.3, -0.25) is 4.79 Å². The number of hydroxylamine groups is 2. The summed E-state index contributed by atoms with van der Waals surface area (Å²) in [5, 5.41) is 14.4. The van der Waals surface area contributed by atoms with Gasteiger partial charge in [0, 0.05) is 17.1 Å². The van der Waals surface area contributed by atoms with E-state index in [-0.39, 0.29) is 29.1 Å². The topological polar surface area (TPSA) is 88.1 Å². The highest BCUT2D eigenvalue weighted by molar-refractivity contribution is 14.1. The molecule has 0 aromatic carbocycles. The van der Waals surface area contributed by atoms with Crippen LogP contribution in [0.4, 0.5) is 4.79 Å². The molecule has 0 aromatic heterocycles. The first kappa shape index (κ1) is 20.4. The zero-order valence-corrected chi connectivity index (χ0v) is 16.5. The Bertz CT molecular complexity index is 422. The monoisotopic (exact) mass is 442 g/mol. The fourth-order valence-electron chi connectivity index (χ4n) is 2.97. The van der Waals surface area contributed by atoms with E-state index < -0.39 is 17.2 Å². The molecule has 23 heavy (non-hydrogen) atoms. The maximum absolute atomic E-state index is 11.8. The molecule has 8 heteroatoms. The van der Waals surface area contributed by atoms with Gasteiger partial charge in [-0.05, 0) is 47.5 Å². The summed E-state index contributed by atoms with van der Waals surface area (Å²) in [7, 11) is 0. The van der Waals surface area contributed by atoms with Crippen molar-refractivity contribution in [3.05, 3.63) is 0 Å². The van der Waals surface area contributed by atoms with Crippen molar-refractivity contribution in [3.63, 3.8) is 0 Å². The molecular formula is C15H27IN2O5. The Hall–Kier alpha value is -0.610. The van der Waals surface area contributed by atoms with Crippen LogP contribution < -0.4 is 5.32 Å². The average molecular weight is 442 g/mol. The number of hydrogen-bond donors (Lipinski definition) is 2. The number of carbonyl (C=O) groups is 2. The molecule has 134 valence electrons. The van der Waals surface area contributed by atoms with Crippen LogP contribution in [0.2, 0.25) is 0 Å². The number of rotatable bonds is 5. The summed E-state index contributed by atoms with van der Waals surface area (Å²) in [4.78, 5) is 23.1. The first-order valence-corrected chi connectivity index (χ1v) is 8.93. The Morgan fingerprint density at radius 2 is 1.70 bits per heavy atom. The Balaban J connectivity index is 2.38. The zero-order chi connectivity index (χ0) is 17.8. The van der Waals surface area contributed by atoms with Crippen molar-refractivity contribution in [2.24, 2.45) is 0 Å². The summed E-state index contributed by atoms with van der Waals surface area (Å²) in [5.74, 6) is -0.326. The van der Waals surface area contributed by atoms with Gasteiger partial charge in [-0.25, -0.2) is 4.79 Å². The van der Waals surface area contributed by atoms with Crippen LogP contribution in [-0.2, 0) is 14.3 Å². The first-order valence-electron chi connectivity index (χ1n) is 7.69. The lowest BCUT2D eigenvalue weighted by Gasteiger charge is -2.51. The molecule has 1 atom stereocenters. The minimum atomic E-state index is -0.536. The molecule has 7 nitrogen and oxygen atoms in total. The standard InChI is InChI=1S/C15H27IN2O5/c1-10(16)12(19)22-6-7-23-13(20)17-11-8-14(2,3)18(21)15(4,5)9-11/h10-11,21H,6-9H2,1-5H3,(H,17,20). The van der Waals surface area contributed by atoms with Crippen LogP contribution in [0, 0.1) is 0 Å². The maximum atomic E-state index is 11.8. The molecule has 0 aliphatic carbocycles. The van der Waals surface area contributed by atoms with Crippen LogP contribution in [0.15, 0.2) is 0 Å². The largest absolute Gasteiger partial charge is 0.461 e. The highest BCUT2D eigenvalue weighted by Crippen LogP contribution is 2.36. The van der Waals surface area contributed by atoms with E-state index in [1.165, 1.54) is 5.06 Å². The van der Waals surface area contributed by atoms with Gasteiger partial charge in [0.25, 0.3) is 0 Å². The quantitative estimate of drug-likeness (QED) is 0.295. The van der Waals surface area contributed by atoms with Crippen molar-refractivity contribution in [2.75, 3.05) is 13.2 Å². The Kier molecular flexibility index (Phi) is 7.09. The van der Waals surface area contributed by atoms with Gasteiger partial charge < -0.3 is 20.0 Å². The maximum Gasteiger partial charge on any atom is 0.407 e. The van der Waals surface area contributed by atoms with Crippen LogP contribution in [0.1, 0.15) is 47.5 Å². The van der Waals surface area contributed by atoms with Crippen molar-refractivity contribution in [3.8, 4) is 0 Å². The summed E-state index contributed by atoms with van der Waals surface area (Å²) in [6.45, 7) is 9.51. The number of alkyl halides is 1. The Morgan fingerprint density at radius 1 is 1.22 bits per heavy atom. The van der Waals surface area contributed by atoms with E-state index in [1.54, 1.807) is 6.92 Å². The van der Waals surface area contributed by atoms with E-state index >= 15 is 0 Å². The number of nitrogens with one attached hydrogen (secondary N) is 1. The highest BCUT2D eigenvalue weighted by atomic mass is 127. The molecule has 0 radical (unpaired) electrons. The molecule has 2 N–H and O–H groups in total. The second kappa shape index (κ2) is 7.98. The number of piperidine rings is 1. The van der Waals surface area contributed by atoms with E-state index in [2.05, 4.69) is 5.32 Å². The number of halogens is 1. The Labute approximate surface area is 151 Å². The molecule has 0 aromatic rings. The van der Waals surface area contributed by atoms with Gasteiger partial charge in [0.1, 0.15) is 17.1 Å². The lowest BCUT2D eigenvalue weighted by molar-refractivity contribution is -0.245. The molecule has 1 amide bonds. The number of ether oxygens (including phenoxy) is 2. The van der Waals surface area contributed by atoms with Gasteiger partial charge in [0.2, 0.25) is 0 Å². The van der Waals surface area contributed by atoms with E-state index in [9.17, 15) is 14.8 Å². The number of nitrogens with zero attached hydrogens (tertiary/aromatic N) is 1. The van der Waals surface area contributed by atoms with Gasteiger partial charge >= 0.3 is 12.1 Å². The van der Waals surface area contributed by atoms with Gasteiger partial charge in [0.15, 0.2) is 0 Å². The lowest BCUT2D eigenvalue weighted by atomic mass is 9.79. The fraction of sp³-hybridized carbons (Fsp3) is 0.867. The predicted octanol–water partition coefficient (Wildman–Crippen LogP) is 2.49. The molecule has 0 bridgehead atoms. The Morgan fingerprint density at radius 3 is 2.17 bits per heavy atom. The predicted molar refractivity (Wildman–Crippen MR) is 93.7 cm³/mol. The smallest absolute Gasteiger partial charge is 0.407 e. The number of hydrogen-bond acceptors (Lipinski definition) is 6. The number of amides is 1. The molecule has 0 spiro atoms. The summed E-state index contributed by atoms with van der Waals surface area (Å²) in [5.41, 5.74) is -0.878. The van der Waals surface area contributed by atoms with Gasteiger partial charge in [-0.15, -0.1) is 0 Å². The minimum Gasteiger partial charge on any atom is -0.461 e. The fourth-order valence-corrected chi connectivity index (χ4v) is 3.15. The molecule has 1 rings (SSSR count). The van der Waals surface area contributed by atoms with Crippen molar-refractivity contribution in [1.29, 1.82) is 0 Å². The van der Waals surface area contributed by atoms with Gasteiger partial charge in [-0.2, -0.15) is 5.06 Å². The van der Waals surface area contributed by atoms with Gasteiger partial charge in [0.05, 0.1) is 0 Å². The van der Waals surface area contributed by atoms with Crippen molar-refractivity contribution >= 4 is 34.7 Å². The summed E-state index contributed by atoms with van der Waals surface area (Å²) in [6.07, 6.45) is 0.693. The number of carbonyl (C=O) groups excluding carboxylic acids is 2. The lowest BCUT2D eigenvalue weighted by Crippen LogP contribution is -2.63. The molecule has 1 heterocycles. The summed E-state index contributed by atoms with van der Waals surface area (Å²) in [6, 6.07) is -0.0900. The van der Waals surface area contributed by atoms with Gasteiger partial charge in [-0.1, -0.05) is 22.6 Å². The second-order valence-corrected chi connectivity index (χ2v) is 8.97. The number of esters is 1. The highest BCUT2D eigenvalue weighted by Gasteiger charge is 2.45. The average Bonchev–Trinajstić information content (AvgIpc) is 2.39. The zero-order valence-electron chi connectivity index (χ0n) is 14.4. The van der Waals surface area contributed by atoms with Crippen molar-refractivity contribution in [1.82, 2.24) is 10.4 Å². The van der Waals surface area contributed by atoms with Crippen molar-refractivity contribution < 1.29 is 24.3 Å². The van der Waals surface area contributed by atoms with E-state index in [1.807, 2.05) is 50.3 Å². The summed E-state index contributed by atoms with van der Waals surface area (Å²) < 4.78 is 9.74. The minimum absolute atomic E-state index is 0.0204. The third kappa shape index (κ3) is 6.07. The van der Waals surface area contributed by atoms with E-state index in [0.29, 0.717) is 12.8 Å². The van der Waals surface area contributed by atoms with Crippen LogP contribution in [0.25, 0.3) is 0 Å². The molecular weight excluding hydrogens is 415 g/mol. The SMILES string of the molecule is CC(I)C(=O)OCCOC(=O)NC1CC(C)(C)N(O)C(C)(C)C1. The molecule has 1 aliphatic rings. The third-order valence-electron chi connectivity index (χ3n) is 3.85. The molecule has 1 aliphatic heterocycles. The van der Waals surface area contributed by atoms with Crippen LogP contribution in [0.3, 0.4) is 0 Å². The molecule has 1 fully saturated rings. The van der Waals surface area contributed by atoms with Crippen LogP contribution >= 0.6 is 22.6 Å². The first-order chi connectivity index (χ1) is 10.5.